The molecule has 0 aliphatic carbocycles. The first-order valence-electron chi connectivity index (χ1n) is 7.83. The lowest BCUT2D eigenvalue weighted by molar-refractivity contribution is -0.137. The van der Waals surface area contributed by atoms with E-state index in [2.05, 4.69) is 0 Å². The number of sulfonamides is 1. The summed E-state index contributed by atoms with van der Waals surface area (Å²) in [6, 6.07) is 15.6. The van der Waals surface area contributed by atoms with Crippen LogP contribution in [0.15, 0.2) is 59.5 Å². The first-order chi connectivity index (χ1) is 11.9. The van der Waals surface area contributed by atoms with Crippen molar-refractivity contribution in [3.05, 3.63) is 60.2 Å². The predicted octanol–water partition coefficient (Wildman–Crippen LogP) is 2.40. The summed E-state index contributed by atoms with van der Waals surface area (Å²) in [4.78, 5) is 11.1. The van der Waals surface area contributed by atoms with Crippen LogP contribution in [0.25, 0.3) is 0 Å². The first-order valence-corrected chi connectivity index (χ1v) is 9.27. The molecule has 6 nitrogen and oxygen atoms in total. The smallest absolute Gasteiger partial charge is 0.318 e. The van der Waals surface area contributed by atoms with Crippen molar-refractivity contribution in [3.63, 3.8) is 0 Å². The zero-order chi connectivity index (χ0) is 18.3. The number of nitrogens with zero attached hydrogens (tertiary/aromatic N) is 1. The molecule has 0 saturated heterocycles. The van der Waals surface area contributed by atoms with Crippen molar-refractivity contribution in [2.75, 3.05) is 20.2 Å². The lowest BCUT2D eigenvalue weighted by atomic mass is 10.1. The highest BCUT2D eigenvalue weighted by molar-refractivity contribution is 7.89. The zero-order valence-corrected chi connectivity index (χ0v) is 14.8. The van der Waals surface area contributed by atoms with Gasteiger partial charge in [-0.2, -0.15) is 4.31 Å². The Morgan fingerprint density at radius 1 is 1.08 bits per heavy atom. The standard InChI is InChI=1S/C18H21NO5S/c1-24-16-9-11-17(12-10-16)25(22,23)19(14-18(20)21)13-5-8-15-6-3-2-4-7-15/h2-4,6-7,9-12H,5,8,13-14H2,1H3,(H,20,21). The van der Waals surface area contributed by atoms with Crippen LogP contribution < -0.4 is 4.74 Å². The molecule has 0 amide bonds. The van der Waals surface area contributed by atoms with Crippen LogP contribution in [0, 0.1) is 0 Å². The van der Waals surface area contributed by atoms with E-state index in [1.54, 1.807) is 0 Å². The Balaban J connectivity index is 2.12. The largest absolute Gasteiger partial charge is 0.497 e. The Hall–Kier alpha value is -2.38. The number of aliphatic carboxylic acids is 1. The van der Waals surface area contributed by atoms with E-state index < -0.39 is 22.5 Å². The van der Waals surface area contributed by atoms with Crippen LogP contribution in [0.2, 0.25) is 0 Å². The highest BCUT2D eigenvalue weighted by atomic mass is 32.2. The normalized spacial score (nSPS) is 11.4. The summed E-state index contributed by atoms with van der Waals surface area (Å²) in [5, 5.41) is 9.07. The molecule has 25 heavy (non-hydrogen) atoms. The third-order valence-electron chi connectivity index (χ3n) is 3.72. The molecule has 0 saturated carbocycles. The van der Waals surface area contributed by atoms with Gasteiger partial charge in [0.25, 0.3) is 0 Å². The van der Waals surface area contributed by atoms with Gasteiger partial charge in [-0.15, -0.1) is 0 Å². The van der Waals surface area contributed by atoms with Gasteiger partial charge in [0.2, 0.25) is 10.0 Å². The van der Waals surface area contributed by atoms with Crippen LogP contribution in [0.4, 0.5) is 0 Å². The molecule has 134 valence electrons. The molecule has 2 aromatic carbocycles. The number of benzene rings is 2. The number of ether oxygens (including phenoxy) is 1. The van der Waals surface area contributed by atoms with Gasteiger partial charge in [-0.25, -0.2) is 8.42 Å². The number of rotatable bonds is 9. The molecule has 0 aliphatic heterocycles. The van der Waals surface area contributed by atoms with E-state index in [4.69, 9.17) is 9.84 Å². The van der Waals surface area contributed by atoms with Crippen molar-refractivity contribution in [2.45, 2.75) is 17.7 Å². The van der Waals surface area contributed by atoms with Crippen LogP contribution in [-0.4, -0.2) is 44.0 Å². The summed E-state index contributed by atoms with van der Waals surface area (Å²) >= 11 is 0. The Morgan fingerprint density at radius 2 is 1.72 bits per heavy atom. The molecule has 0 heterocycles. The average molecular weight is 363 g/mol. The van der Waals surface area contributed by atoms with Gasteiger partial charge in [0.15, 0.2) is 0 Å². The monoisotopic (exact) mass is 363 g/mol. The summed E-state index contributed by atoms with van der Waals surface area (Å²) in [5.41, 5.74) is 1.08. The van der Waals surface area contributed by atoms with Crippen molar-refractivity contribution in [2.24, 2.45) is 0 Å². The maximum atomic E-state index is 12.7. The number of hydrogen-bond donors (Lipinski definition) is 1. The molecule has 0 aromatic heterocycles. The minimum atomic E-state index is -3.88. The minimum Gasteiger partial charge on any atom is -0.497 e. The zero-order valence-electron chi connectivity index (χ0n) is 14.0. The van der Waals surface area contributed by atoms with Gasteiger partial charge in [0.1, 0.15) is 12.3 Å². The van der Waals surface area contributed by atoms with Crippen molar-refractivity contribution >= 4 is 16.0 Å². The van der Waals surface area contributed by atoms with Crippen molar-refractivity contribution in [3.8, 4) is 5.75 Å². The molecule has 1 N–H and O–H groups in total. The summed E-state index contributed by atoms with van der Waals surface area (Å²) in [5.74, 6) is -0.649. The van der Waals surface area contributed by atoms with E-state index >= 15 is 0 Å². The van der Waals surface area contributed by atoms with E-state index in [9.17, 15) is 13.2 Å². The van der Waals surface area contributed by atoms with Crippen LogP contribution in [-0.2, 0) is 21.2 Å². The SMILES string of the molecule is COc1ccc(S(=O)(=O)N(CCCc2ccccc2)CC(=O)O)cc1. The van der Waals surface area contributed by atoms with Crippen molar-refractivity contribution in [1.82, 2.24) is 4.31 Å². The third kappa shape index (κ3) is 5.30. The number of carboxylic acid groups (broad SMARTS) is 1. The second-order valence-electron chi connectivity index (χ2n) is 5.50. The Morgan fingerprint density at radius 3 is 2.28 bits per heavy atom. The van der Waals surface area contributed by atoms with Crippen LogP contribution in [0.3, 0.4) is 0 Å². The fraction of sp³-hybridized carbons (Fsp3) is 0.278. The van der Waals surface area contributed by atoms with Crippen LogP contribution >= 0.6 is 0 Å². The Kier molecular flexibility index (Phi) is 6.55. The highest BCUT2D eigenvalue weighted by Gasteiger charge is 2.26. The number of methoxy groups -OCH3 is 1. The van der Waals surface area contributed by atoms with Gasteiger partial charge in [0, 0.05) is 6.54 Å². The number of hydrogen-bond acceptors (Lipinski definition) is 4. The topological polar surface area (TPSA) is 83.9 Å². The number of carbonyl (C=O) groups is 1. The molecule has 0 fully saturated rings. The lowest BCUT2D eigenvalue weighted by Crippen LogP contribution is -2.36. The van der Waals surface area contributed by atoms with Gasteiger partial charge in [-0.1, -0.05) is 30.3 Å². The van der Waals surface area contributed by atoms with Crippen LogP contribution in [0.5, 0.6) is 5.75 Å². The molecule has 0 unspecified atom stereocenters. The van der Waals surface area contributed by atoms with E-state index in [1.807, 2.05) is 30.3 Å². The molecule has 0 aliphatic rings. The second-order valence-corrected chi connectivity index (χ2v) is 7.43. The Bertz CT molecular complexity index is 788. The molecule has 7 heteroatoms. The fourth-order valence-electron chi connectivity index (χ4n) is 2.44. The number of carboxylic acids is 1. The van der Waals surface area contributed by atoms with Crippen LogP contribution in [0.1, 0.15) is 12.0 Å². The quantitative estimate of drug-likeness (QED) is 0.740. The van der Waals surface area contributed by atoms with E-state index in [-0.39, 0.29) is 11.4 Å². The molecular formula is C18H21NO5S. The molecule has 0 atom stereocenters. The van der Waals surface area contributed by atoms with Gasteiger partial charge >= 0.3 is 5.97 Å². The molecule has 0 radical (unpaired) electrons. The highest BCUT2D eigenvalue weighted by Crippen LogP contribution is 2.20. The van der Waals surface area contributed by atoms with Gasteiger partial charge < -0.3 is 9.84 Å². The summed E-state index contributed by atoms with van der Waals surface area (Å²) in [6.45, 7) is -0.432. The Labute approximate surface area is 147 Å². The third-order valence-corrected chi connectivity index (χ3v) is 5.58. The van der Waals surface area contributed by atoms with Gasteiger partial charge in [0.05, 0.1) is 12.0 Å². The van der Waals surface area contributed by atoms with E-state index in [1.165, 1.54) is 31.4 Å². The number of aryl methyl sites for hydroxylation is 1. The molecule has 0 spiro atoms. The summed E-state index contributed by atoms with van der Waals surface area (Å²) in [7, 11) is -2.39. The maximum Gasteiger partial charge on any atom is 0.318 e. The fourth-order valence-corrected chi connectivity index (χ4v) is 3.86. The lowest BCUT2D eigenvalue weighted by Gasteiger charge is -2.20. The van der Waals surface area contributed by atoms with Gasteiger partial charge in [-0.05, 0) is 42.7 Å². The van der Waals surface area contributed by atoms with E-state index in [0.717, 1.165) is 9.87 Å². The maximum absolute atomic E-state index is 12.7. The summed E-state index contributed by atoms with van der Waals surface area (Å²) < 4.78 is 31.5. The molecule has 2 rings (SSSR count). The average Bonchev–Trinajstić information content (AvgIpc) is 2.61. The van der Waals surface area contributed by atoms with Crippen molar-refractivity contribution < 1.29 is 23.1 Å². The first kappa shape index (κ1) is 19.0. The second kappa shape index (κ2) is 8.64. The molecule has 0 bridgehead atoms. The predicted molar refractivity (Wildman–Crippen MR) is 94.2 cm³/mol. The summed E-state index contributed by atoms with van der Waals surface area (Å²) in [6.07, 6.45) is 1.21. The van der Waals surface area contributed by atoms with E-state index in [0.29, 0.717) is 18.6 Å². The van der Waals surface area contributed by atoms with Gasteiger partial charge in [-0.3, -0.25) is 4.79 Å². The molecular weight excluding hydrogens is 342 g/mol. The molecule has 2 aromatic rings. The minimum absolute atomic E-state index is 0.0502. The van der Waals surface area contributed by atoms with Crippen molar-refractivity contribution in [1.29, 1.82) is 0 Å².